The second-order valence-corrected chi connectivity index (χ2v) is 4.31. The van der Waals surface area contributed by atoms with Crippen molar-refractivity contribution >= 4 is 29.9 Å². The molecule has 0 unspecified atom stereocenters. The fourth-order valence-corrected chi connectivity index (χ4v) is 1.65. The van der Waals surface area contributed by atoms with Gasteiger partial charge in [-0.1, -0.05) is 6.07 Å². The van der Waals surface area contributed by atoms with Gasteiger partial charge < -0.3 is 14.5 Å². The van der Waals surface area contributed by atoms with E-state index < -0.39 is 0 Å². The first-order valence-corrected chi connectivity index (χ1v) is 6.02. The van der Waals surface area contributed by atoms with E-state index in [1.165, 1.54) is 0 Å². The van der Waals surface area contributed by atoms with Crippen molar-refractivity contribution in [3.8, 4) is 5.88 Å². The average molecular weight is 378 g/mol. The first-order valence-electron chi connectivity index (χ1n) is 6.02. The monoisotopic (exact) mass is 378 g/mol. The zero-order valence-corrected chi connectivity index (χ0v) is 14.6. The molecule has 108 valence electrons. The third-order valence-corrected chi connectivity index (χ3v) is 2.32. The van der Waals surface area contributed by atoms with Crippen LogP contribution in [-0.2, 0) is 6.54 Å². The number of rotatable bonds is 4. The number of halogens is 1. The Kier molecular flexibility index (Phi) is 8.46. The molecule has 5 nitrogen and oxygen atoms in total. The van der Waals surface area contributed by atoms with Gasteiger partial charge in [0.2, 0.25) is 5.88 Å². The van der Waals surface area contributed by atoms with Crippen LogP contribution in [0.3, 0.4) is 0 Å². The normalized spacial score (nSPS) is 9.32. The molecule has 6 heteroatoms. The molecule has 1 aromatic heterocycles. The lowest BCUT2D eigenvalue weighted by atomic mass is 10.3. The van der Waals surface area contributed by atoms with Crippen molar-refractivity contribution in [2.75, 3.05) is 34.8 Å². The van der Waals surface area contributed by atoms with Gasteiger partial charge in [0.05, 0.1) is 13.2 Å². The van der Waals surface area contributed by atoms with Crippen molar-refractivity contribution in [1.29, 1.82) is 0 Å². The first kappa shape index (κ1) is 17.9. The number of guanidine groups is 1. The summed E-state index contributed by atoms with van der Waals surface area (Å²) < 4.78 is 5.48. The van der Waals surface area contributed by atoms with E-state index in [2.05, 4.69) is 9.98 Å². The fourth-order valence-electron chi connectivity index (χ4n) is 1.65. The Morgan fingerprint density at radius 2 is 1.89 bits per heavy atom. The molecule has 0 aliphatic carbocycles. The summed E-state index contributed by atoms with van der Waals surface area (Å²) in [5.41, 5.74) is 1.00. The quantitative estimate of drug-likeness (QED) is 0.457. The Hall–Kier alpha value is -1.05. The van der Waals surface area contributed by atoms with Crippen LogP contribution in [0.5, 0.6) is 5.88 Å². The molecular formula is C13H23IN4O. The molecule has 0 fully saturated rings. The lowest BCUT2D eigenvalue weighted by molar-refractivity contribution is 0.323. The van der Waals surface area contributed by atoms with Crippen molar-refractivity contribution < 1.29 is 4.74 Å². The van der Waals surface area contributed by atoms with Gasteiger partial charge >= 0.3 is 0 Å². The molecular weight excluding hydrogens is 355 g/mol. The second-order valence-electron chi connectivity index (χ2n) is 4.31. The Labute approximate surface area is 132 Å². The lowest BCUT2D eigenvalue weighted by Crippen LogP contribution is -2.35. The molecule has 0 saturated heterocycles. The van der Waals surface area contributed by atoms with Crippen LogP contribution in [0.4, 0.5) is 0 Å². The van der Waals surface area contributed by atoms with Crippen LogP contribution in [0, 0.1) is 0 Å². The minimum atomic E-state index is 0. The zero-order valence-electron chi connectivity index (χ0n) is 12.3. The summed E-state index contributed by atoms with van der Waals surface area (Å²) in [6.07, 6.45) is 1.73. The average Bonchev–Trinajstić information content (AvgIpc) is 2.31. The van der Waals surface area contributed by atoms with Crippen LogP contribution >= 0.6 is 24.0 Å². The van der Waals surface area contributed by atoms with Crippen LogP contribution in [0.25, 0.3) is 0 Å². The maximum absolute atomic E-state index is 5.48. The Bertz CT molecular complexity index is 397. The highest BCUT2D eigenvalue weighted by molar-refractivity contribution is 14.0. The summed E-state index contributed by atoms with van der Waals surface area (Å²) in [4.78, 5) is 12.8. The summed E-state index contributed by atoms with van der Waals surface area (Å²) in [6.45, 7) is 3.13. The van der Waals surface area contributed by atoms with Gasteiger partial charge in [-0.25, -0.2) is 9.98 Å². The smallest absolute Gasteiger partial charge is 0.218 e. The summed E-state index contributed by atoms with van der Waals surface area (Å²) in [7, 11) is 7.91. The summed E-state index contributed by atoms with van der Waals surface area (Å²) in [5, 5.41) is 0. The topological polar surface area (TPSA) is 41.0 Å². The van der Waals surface area contributed by atoms with Crippen LogP contribution in [0.15, 0.2) is 23.3 Å². The van der Waals surface area contributed by atoms with E-state index in [9.17, 15) is 0 Å². The summed E-state index contributed by atoms with van der Waals surface area (Å²) >= 11 is 0. The molecule has 0 bridgehead atoms. The van der Waals surface area contributed by atoms with Crippen molar-refractivity contribution in [2.24, 2.45) is 4.99 Å². The molecule has 0 radical (unpaired) electrons. The maximum Gasteiger partial charge on any atom is 0.218 e. The van der Waals surface area contributed by atoms with Crippen LogP contribution in [0.2, 0.25) is 0 Å². The molecule has 0 saturated carbocycles. The van der Waals surface area contributed by atoms with E-state index in [0.29, 0.717) is 19.0 Å². The van der Waals surface area contributed by atoms with Crippen molar-refractivity contribution in [2.45, 2.75) is 13.5 Å². The number of aliphatic imine (C=N–C) groups is 1. The minimum Gasteiger partial charge on any atom is -0.478 e. The fraction of sp³-hybridized carbons (Fsp3) is 0.538. The van der Waals surface area contributed by atoms with Crippen molar-refractivity contribution in [3.05, 3.63) is 23.9 Å². The number of pyridine rings is 1. The van der Waals surface area contributed by atoms with Gasteiger partial charge in [0.25, 0.3) is 0 Å². The molecule has 0 amide bonds. The van der Waals surface area contributed by atoms with E-state index in [1.54, 1.807) is 6.20 Å². The van der Waals surface area contributed by atoms with E-state index in [1.807, 2.05) is 57.0 Å². The van der Waals surface area contributed by atoms with E-state index in [0.717, 1.165) is 11.5 Å². The van der Waals surface area contributed by atoms with Gasteiger partial charge in [-0.2, -0.15) is 0 Å². The number of nitrogens with zero attached hydrogens (tertiary/aromatic N) is 4. The molecule has 1 heterocycles. The predicted octanol–water partition coefficient (Wildman–Crippen LogP) is 2.08. The number of ether oxygens (including phenoxy) is 1. The van der Waals surface area contributed by atoms with Gasteiger partial charge in [0.15, 0.2) is 5.96 Å². The summed E-state index contributed by atoms with van der Waals surface area (Å²) in [5.74, 6) is 1.59. The lowest BCUT2D eigenvalue weighted by Gasteiger charge is -2.22. The third-order valence-electron chi connectivity index (χ3n) is 2.32. The molecule has 0 aliphatic heterocycles. The van der Waals surface area contributed by atoms with Gasteiger partial charge in [0.1, 0.15) is 0 Å². The number of aromatic nitrogens is 1. The minimum absolute atomic E-state index is 0. The highest BCUT2D eigenvalue weighted by Gasteiger charge is 2.07. The van der Waals surface area contributed by atoms with Crippen molar-refractivity contribution in [3.63, 3.8) is 0 Å². The Morgan fingerprint density at radius 3 is 2.42 bits per heavy atom. The van der Waals surface area contributed by atoms with Crippen molar-refractivity contribution in [1.82, 2.24) is 14.8 Å². The van der Waals surface area contributed by atoms with Gasteiger partial charge in [-0.15, -0.1) is 24.0 Å². The standard InChI is InChI=1S/C13H22N4O.HI/c1-6-18-12-11(8-7-9-14-12)10-15-13(16(2)3)17(4)5;/h7-9H,6,10H2,1-5H3;1H. The first-order chi connectivity index (χ1) is 8.56. The number of hydrogen-bond donors (Lipinski definition) is 0. The van der Waals surface area contributed by atoms with E-state index >= 15 is 0 Å². The molecule has 0 atom stereocenters. The maximum atomic E-state index is 5.48. The van der Waals surface area contributed by atoms with Crippen LogP contribution in [0.1, 0.15) is 12.5 Å². The molecule has 0 spiro atoms. The van der Waals surface area contributed by atoms with Gasteiger partial charge in [-0.05, 0) is 13.0 Å². The largest absolute Gasteiger partial charge is 0.478 e. The highest BCUT2D eigenvalue weighted by atomic mass is 127. The molecule has 0 aliphatic rings. The van der Waals surface area contributed by atoms with Crippen LogP contribution < -0.4 is 4.74 Å². The SMILES string of the molecule is CCOc1ncccc1CN=C(N(C)C)N(C)C.I. The zero-order chi connectivity index (χ0) is 13.5. The molecule has 19 heavy (non-hydrogen) atoms. The predicted molar refractivity (Wildman–Crippen MR) is 89.3 cm³/mol. The van der Waals surface area contributed by atoms with Gasteiger partial charge in [-0.3, -0.25) is 0 Å². The third kappa shape index (κ3) is 5.63. The van der Waals surface area contributed by atoms with E-state index in [-0.39, 0.29) is 24.0 Å². The molecule has 0 aromatic carbocycles. The Balaban J connectivity index is 0.00000324. The number of hydrogen-bond acceptors (Lipinski definition) is 3. The molecule has 0 N–H and O–H groups in total. The van der Waals surface area contributed by atoms with Crippen LogP contribution in [-0.4, -0.2) is 55.5 Å². The molecule has 1 rings (SSSR count). The highest BCUT2D eigenvalue weighted by Crippen LogP contribution is 2.15. The van der Waals surface area contributed by atoms with E-state index in [4.69, 9.17) is 4.74 Å². The molecule has 1 aromatic rings. The summed E-state index contributed by atoms with van der Waals surface area (Å²) in [6, 6.07) is 3.89. The second kappa shape index (κ2) is 8.95. The van der Waals surface area contributed by atoms with Gasteiger partial charge in [0, 0.05) is 40.0 Å². The Morgan fingerprint density at radius 1 is 1.26 bits per heavy atom.